The van der Waals surface area contributed by atoms with E-state index in [9.17, 15) is 9.90 Å². The Morgan fingerprint density at radius 3 is 2.88 bits per heavy atom. The Bertz CT molecular complexity index is 756. The first-order chi connectivity index (χ1) is 12.0. The van der Waals surface area contributed by atoms with Gasteiger partial charge in [-0.05, 0) is 43.5 Å². The maximum absolute atomic E-state index is 12.9. The van der Waals surface area contributed by atoms with Crippen LogP contribution in [0.15, 0.2) is 30.6 Å². The standard InChI is InChI=1S/C19H25N3O3/c1-13-11-15(25-3)6-7-16(13)19(24)22-9-4-5-14(12-22)17(23)18-20-8-10-21(18)2/h6-8,10-11,14,17,23H,4-5,9,12H2,1-3H3. The van der Waals surface area contributed by atoms with Crippen LogP contribution in [0.2, 0.25) is 0 Å². The maximum Gasteiger partial charge on any atom is 0.254 e. The molecule has 0 aliphatic carbocycles. The smallest absolute Gasteiger partial charge is 0.254 e. The lowest BCUT2D eigenvalue weighted by Crippen LogP contribution is -2.42. The highest BCUT2D eigenvalue weighted by Crippen LogP contribution is 2.30. The third kappa shape index (κ3) is 3.54. The van der Waals surface area contributed by atoms with Crippen molar-refractivity contribution in [3.63, 3.8) is 0 Å². The second-order valence-electron chi connectivity index (χ2n) is 6.68. The Morgan fingerprint density at radius 1 is 1.44 bits per heavy atom. The quantitative estimate of drug-likeness (QED) is 0.925. The molecular formula is C19H25N3O3. The molecule has 1 saturated heterocycles. The number of ether oxygens (including phenoxy) is 1. The van der Waals surface area contributed by atoms with Gasteiger partial charge in [-0.1, -0.05) is 0 Å². The number of nitrogens with zero attached hydrogens (tertiary/aromatic N) is 3. The zero-order chi connectivity index (χ0) is 18.0. The molecule has 2 atom stereocenters. The number of aromatic nitrogens is 2. The molecule has 2 aromatic rings. The van der Waals surface area contributed by atoms with Gasteiger partial charge in [0.05, 0.1) is 7.11 Å². The second-order valence-corrected chi connectivity index (χ2v) is 6.68. The van der Waals surface area contributed by atoms with Crippen LogP contribution in [0.25, 0.3) is 0 Å². The summed E-state index contributed by atoms with van der Waals surface area (Å²) in [5.74, 6) is 1.41. The normalized spacial score (nSPS) is 18.9. The molecule has 0 spiro atoms. The van der Waals surface area contributed by atoms with Crippen molar-refractivity contribution >= 4 is 5.91 Å². The molecule has 1 fully saturated rings. The molecule has 6 heteroatoms. The summed E-state index contributed by atoms with van der Waals surface area (Å²) in [6, 6.07) is 5.50. The van der Waals surface area contributed by atoms with Crippen LogP contribution in [0, 0.1) is 12.8 Å². The van der Waals surface area contributed by atoms with E-state index in [0.29, 0.717) is 24.5 Å². The molecule has 0 saturated carbocycles. The number of likely N-dealkylation sites (tertiary alicyclic amines) is 1. The van der Waals surface area contributed by atoms with Gasteiger partial charge in [0.25, 0.3) is 5.91 Å². The molecule has 1 aromatic heterocycles. The molecule has 1 aliphatic rings. The summed E-state index contributed by atoms with van der Waals surface area (Å²) in [4.78, 5) is 19.0. The van der Waals surface area contributed by atoms with Gasteiger partial charge in [0.2, 0.25) is 0 Å². The summed E-state index contributed by atoms with van der Waals surface area (Å²) >= 11 is 0. The monoisotopic (exact) mass is 343 g/mol. The largest absolute Gasteiger partial charge is 0.497 e. The van der Waals surface area contributed by atoms with Crippen molar-refractivity contribution in [1.82, 2.24) is 14.5 Å². The number of rotatable bonds is 4. The molecule has 1 amide bonds. The molecule has 1 N–H and O–H groups in total. The minimum Gasteiger partial charge on any atom is -0.497 e. The van der Waals surface area contributed by atoms with Gasteiger partial charge in [-0.25, -0.2) is 4.98 Å². The number of hydrogen-bond acceptors (Lipinski definition) is 4. The van der Waals surface area contributed by atoms with Crippen LogP contribution < -0.4 is 4.74 Å². The van der Waals surface area contributed by atoms with E-state index in [0.717, 1.165) is 24.2 Å². The van der Waals surface area contributed by atoms with Crippen LogP contribution >= 0.6 is 0 Å². The first-order valence-corrected chi connectivity index (χ1v) is 8.60. The second kappa shape index (κ2) is 7.27. The number of hydrogen-bond donors (Lipinski definition) is 1. The minimum atomic E-state index is -0.660. The highest BCUT2D eigenvalue weighted by Gasteiger charge is 2.31. The fourth-order valence-electron chi connectivity index (χ4n) is 3.50. The van der Waals surface area contributed by atoms with Crippen molar-refractivity contribution in [2.45, 2.75) is 25.9 Å². The number of aliphatic hydroxyl groups is 1. The van der Waals surface area contributed by atoms with Crippen molar-refractivity contribution in [3.05, 3.63) is 47.5 Å². The molecule has 25 heavy (non-hydrogen) atoms. The fourth-order valence-corrected chi connectivity index (χ4v) is 3.50. The van der Waals surface area contributed by atoms with E-state index in [2.05, 4.69) is 4.98 Å². The van der Waals surface area contributed by atoms with Crippen LogP contribution in [0.3, 0.4) is 0 Å². The topological polar surface area (TPSA) is 67.6 Å². The van der Waals surface area contributed by atoms with Gasteiger partial charge in [0.15, 0.2) is 0 Å². The molecule has 0 bridgehead atoms. The lowest BCUT2D eigenvalue weighted by molar-refractivity contribution is 0.0358. The molecule has 2 unspecified atom stereocenters. The van der Waals surface area contributed by atoms with Crippen molar-refractivity contribution in [3.8, 4) is 5.75 Å². The average Bonchev–Trinajstić information content (AvgIpc) is 3.06. The molecular weight excluding hydrogens is 318 g/mol. The van der Waals surface area contributed by atoms with E-state index in [-0.39, 0.29) is 11.8 Å². The van der Waals surface area contributed by atoms with E-state index in [1.807, 2.05) is 47.8 Å². The zero-order valence-electron chi connectivity index (χ0n) is 15.0. The molecule has 134 valence electrons. The number of benzene rings is 1. The number of carbonyl (C=O) groups excluding carboxylic acids is 1. The Labute approximate surface area is 148 Å². The SMILES string of the molecule is COc1ccc(C(=O)N2CCCC(C(O)c3nccn3C)C2)c(C)c1. The lowest BCUT2D eigenvalue weighted by atomic mass is 9.91. The summed E-state index contributed by atoms with van der Waals surface area (Å²) in [6.45, 7) is 3.17. The van der Waals surface area contributed by atoms with Crippen molar-refractivity contribution < 1.29 is 14.6 Å². The zero-order valence-corrected chi connectivity index (χ0v) is 15.0. The Kier molecular flexibility index (Phi) is 5.08. The van der Waals surface area contributed by atoms with Gasteiger partial charge in [0.1, 0.15) is 17.7 Å². The summed E-state index contributed by atoms with van der Waals surface area (Å²) in [5, 5.41) is 10.7. The Balaban J connectivity index is 1.75. The Morgan fingerprint density at radius 2 is 2.24 bits per heavy atom. The number of amides is 1. The van der Waals surface area contributed by atoms with Gasteiger partial charge in [-0.2, -0.15) is 0 Å². The number of methoxy groups -OCH3 is 1. The number of aryl methyl sites for hydroxylation is 2. The summed E-state index contributed by atoms with van der Waals surface area (Å²) in [5.41, 5.74) is 1.59. The van der Waals surface area contributed by atoms with Crippen LogP contribution in [0.4, 0.5) is 0 Å². The van der Waals surface area contributed by atoms with Gasteiger partial charge < -0.3 is 19.3 Å². The molecule has 6 nitrogen and oxygen atoms in total. The highest BCUT2D eigenvalue weighted by molar-refractivity contribution is 5.95. The first-order valence-electron chi connectivity index (χ1n) is 8.60. The first kappa shape index (κ1) is 17.5. The minimum absolute atomic E-state index is 0.00245. The van der Waals surface area contributed by atoms with E-state index >= 15 is 0 Å². The number of imidazole rings is 1. The van der Waals surface area contributed by atoms with E-state index in [1.165, 1.54) is 0 Å². The molecule has 2 heterocycles. The van der Waals surface area contributed by atoms with Gasteiger partial charge in [0, 0.05) is 44.0 Å². The van der Waals surface area contributed by atoms with E-state index in [4.69, 9.17) is 4.74 Å². The molecule has 1 aromatic carbocycles. The van der Waals surface area contributed by atoms with Gasteiger partial charge in [-0.15, -0.1) is 0 Å². The van der Waals surface area contributed by atoms with Crippen LogP contribution in [0.1, 0.15) is 40.7 Å². The molecule has 3 rings (SSSR count). The predicted octanol–water partition coefficient (Wildman–Crippen LogP) is 2.32. The Hall–Kier alpha value is -2.34. The molecule has 0 radical (unpaired) electrons. The summed E-state index contributed by atoms with van der Waals surface area (Å²) in [7, 11) is 3.49. The van der Waals surface area contributed by atoms with Crippen molar-refractivity contribution in [2.75, 3.05) is 20.2 Å². The van der Waals surface area contributed by atoms with E-state index < -0.39 is 6.10 Å². The van der Waals surface area contributed by atoms with Crippen molar-refractivity contribution in [1.29, 1.82) is 0 Å². The average molecular weight is 343 g/mol. The van der Waals surface area contributed by atoms with E-state index in [1.54, 1.807) is 13.3 Å². The predicted molar refractivity (Wildman–Crippen MR) is 94.5 cm³/mol. The number of aliphatic hydroxyl groups excluding tert-OH is 1. The number of piperidine rings is 1. The fraction of sp³-hybridized carbons (Fsp3) is 0.474. The van der Waals surface area contributed by atoms with Crippen LogP contribution in [-0.4, -0.2) is 45.7 Å². The van der Waals surface area contributed by atoms with Gasteiger partial charge in [-0.3, -0.25) is 4.79 Å². The third-order valence-electron chi connectivity index (χ3n) is 4.98. The number of carbonyl (C=O) groups is 1. The third-order valence-corrected chi connectivity index (χ3v) is 4.98. The van der Waals surface area contributed by atoms with Crippen LogP contribution in [-0.2, 0) is 7.05 Å². The van der Waals surface area contributed by atoms with Crippen molar-refractivity contribution in [2.24, 2.45) is 13.0 Å². The lowest BCUT2D eigenvalue weighted by Gasteiger charge is -2.35. The summed E-state index contributed by atoms with van der Waals surface area (Å²) in [6.07, 6.45) is 4.62. The summed E-state index contributed by atoms with van der Waals surface area (Å²) < 4.78 is 7.04. The highest BCUT2D eigenvalue weighted by atomic mass is 16.5. The van der Waals surface area contributed by atoms with Crippen LogP contribution in [0.5, 0.6) is 5.75 Å². The molecule has 1 aliphatic heterocycles. The van der Waals surface area contributed by atoms with Gasteiger partial charge >= 0.3 is 0 Å². The maximum atomic E-state index is 12.9.